The summed E-state index contributed by atoms with van der Waals surface area (Å²) in [6.45, 7) is 1.95. The number of amides is 1. The maximum absolute atomic E-state index is 12.2. The highest BCUT2D eigenvalue weighted by molar-refractivity contribution is 7.99. The van der Waals surface area contributed by atoms with E-state index >= 15 is 0 Å². The zero-order valence-electron chi connectivity index (χ0n) is 14.9. The number of benzene rings is 2. The summed E-state index contributed by atoms with van der Waals surface area (Å²) in [5.74, 6) is 0.464. The van der Waals surface area contributed by atoms with Crippen LogP contribution < -0.4 is 5.32 Å². The fraction of sp³-hybridized carbons (Fsp3) is 0.150. The number of nitrogens with one attached hydrogen (secondary N) is 1. The summed E-state index contributed by atoms with van der Waals surface area (Å²) in [7, 11) is 0. The van der Waals surface area contributed by atoms with Gasteiger partial charge in [-0.2, -0.15) is 0 Å². The van der Waals surface area contributed by atoms with Gasteiger partial charge in [-0.15, -0.1) is 21.5 Å². The second kappa shape index (κ2) is 8.34. The molecule has 2 aromatic carbocycles. The summed E-state index contributed by atoms with van der Waals surface area (Å²) in [4.78, 5) is 12.9. The first kappa shape index (κ1) is 19.0. The van der Waals surface area contributed by atoms with Gasteiger partial charge in [0.1, 0.15) is 4.88 Å². The third kappa shape index (κ3) is 4.06. The van der Waals surface area contributed by atoms with E-state index in [0.29, 0.717) is 16.1 Å². The van der Waals surface area contributed by atoms with E-state index in [1.807, 2.05) is 61.5 Å². The van der Waals surface area contributed by atoms with Crippen molar-refractivity contribution in [3.05, 3.63) is 65.2 Å². The predicted octanol–water partition coefficient (Wildman–Crippen LogP) is 5.57. The van der Waals surface area contributed by atoms with Crippen molar-refractivity contribution in [3.8, 4) is 10.8 Å². The van der Waals surface area contributed by atoms with Crippen LogP contribution in [-0.2, 0) is 4.79 Å². The summed E-state index contributed by atoms with van der Waals surface area (Å²) in [5, 5.41) is 13.0. The molecule has 0 aliphatic carbocycles. The number of thioether (sulfide) groups is 1. The molecule has 0 spiro atoms. The average Bonchev–Trinajstić information content (AvgIpc) is 3.32. The van der Waals surface area contributed by atoms with Crippen molar-refractivity contribution in [2.45, 2.75) is 18.2 Å². The fourth-order valence-electron chi connectivity index (χ4n) is 2.75. The van der Waals surface area contributed by atoms with Gasteiger partial charge in [0, 0.05) is 10.1 Å². The fourth-order valence-corrected chi connectivity index (χ4v) is 4.75. The average molecular weight is 430 g/mol. The molecule has 2 aromatic heterocycles. The number of thiophene rings is 1. The maximum atomic E-state index is 12.2. The van der Waals surface area contributed by atoms with Crippen LogP contribution in [-0.4, -0.2) is 21.9 Å². The number of nitrogens with zero attached hydrogens (tertiary/aromatic N) is 2. The molecule has 0 aliphatic rings. The second-order valence-corrected chi connectivity index (χ2v) is 8.46. The first-order chi connectivity index (χ1) is 13.6. The van der Waals surface area contributed by atoms with Crippen LogP contribution in [0.1, 0.15) is 18.5 Å². The monoisotopic (exact) mass is 429 g/mol. The molecule has 142 valence electrons. The summed E-state index contributed by atoms with van der Waals surface area (Å²) < 4.78 is 6.77. The van der Waals surface area contributed by atoms with Crippen LogP contribution in [0.2, 0.25) is 5.02 Å². The van der Waals surface area contributed by atoms with Crippen LogP contribution in [0.5, 0.6) is 0 Å². The number of carbonyl (C=O) groups is 1. The quantitative estimate of drug-likeness (QED) is 0.405. The lowest BCUT2D eigenvalue weighted by molar-refractivity contribution is -0.119. The maximum Gasteiger partial charge on any atom is 0.277 e. The zero-order chi connectivity index (χ0) is 19.5. The minimum atomic E-state index is -0.0963. The molecule has 1 amide bonds. The summed E-state index contributed by atoms with van der Waals surface area (Å²) in [5.41, 5.74) is 1.06. The molecule has 0 fully saturated rings. The Balaban J connectivity index is 1.39. The van der Waals surface area contributed by atoms with Crippen LogP contribution in [0.15, 0.2) is 64.2 Å². The Morgan fingerprint density at radius 2 is 1.93 bits per heavy atom. The lowest BCUT2D eigenvalue weighted by Gasteiger charge is -2.13. The van der Waals surface area contributed by atoms with Crippen molar-refractivity contribution >= 4 is 50.7 Å². The van der Waals surface area contributed by atoms with Crippen molar-refractivity contribution in [2.75, 3.05) is 5.75 Å². The normalized spacial score (nSPS) is 12.2. The summed E-state index contributed by atoms with van der Waals surface area (Å²) >= 11 is 9.16. The molecular formula is C20H16ClN3O2S2. The Morgan fingerprint density at radius 3 is 2.71 bits per heavy atom. The largest absolute Gasteiger partial charge is 0.410 e. The van der Waals surface area contributed by atoms with Crippen molar-refractivity contribution in [1.82, 2.24) is 15.5 Å². The van der Waals surface area contributed by atoms with Gasteiger partial charge < -0.3 is 9.73 Å². The van der Waals surface area contributed by atoms with E-state index < -0.39 is 0 Å². The molecule has 8 heteroatoms. The van der Waals surface area contributed by atoms with Gasteiger partial charge in [0.05, 0.1) is 16.8 Å². The topological polar surface area (TPSA) is 68.0 Å². The first-order valence-electron chi connectivity index (χ1n) is 8.60. The molecule has 2 heterocycles. The van der Waals surface area contributed by atoms with Crippen LogP contribution in [0, 0.1) is 0 Å². The molecule has 1 unspecified atom stereocenters. The van der Waals surface area contributed by atoms with Gasteiger partial charge in [0.15, 0.2) is 0 Å². The standard InChI is InChI=1S/C20H16ClN3O2S2/c1-12(13-7-3-2-4-8-13)22-16(25)11-27-20-24-23-19(26-20)18-17(21)14-9-5-6-10-15(14)28-18/h2-10,12H,11H2,1H3,(H,22,25). The SMILES string of the molecule is CC(NC(=O)CSc1nnc(-c2sc3ccccc3c2Cl)o1)c1ccccc1. The molecule has 5 nitrogen and oxygen atoms in total. The van der Waals surface area contributed by atoms with Crippen LogP contribution >= 0.6 is 34.7 Å². The van der Waals surface area contributed by atoms with Crippen molar-refractivity contribution < 1.29 is 9.21 Å². The van der Waals surface area contributed by atoms with Crippen molar-refractivity contribution in [2.24, 2.45) is 0 Å². The molecule has 0 bridgehead atoms. The van der Waals surface area contributed by atoms with Gasteiger partial charge in [-0.1, -0.05) is 71.9 Å². The van der Waals surface area contributed by atoms with Gasteiger partial charge in [0.2, 0.25) is 5.91 Å². The predicted molar refractivity (Wildman–Crippen MR) is 114 cm³/mol. The molecule has 1 atom stereocenters. The molecule has 28 heavy (non-hydrogen) atoms. The number of halogens is 1. The van der Waals surface area contributed by atoms with Gasteiger partial charge >= 0.3 is 0 Å². The Bertz CT molecular complexity index is 1110. The molecular weight excluding hydrogens is 414 g/mol. The highest BCUT2D eigenvalue weighted by Crippen LogP contribution is 2.41. The summed E-state index contributed by atoms with van der Waals surface area (Å²) in [6, 6.07) is 17.6. The molecule has 0 saturated heterocycles. The Kier molecular flexibility index (Phi) is 5.66. The van der Waals surface area contributed by atoms with E-state index in [1.54, 1.807) is 0 Å². The third-order valence-electron chi connectivity index (χ3n) is 4.14. The minimum absolute atomic E-state index is 0.0649. The molecule has 0 radical (unpaired) electrons. The van der Waals surface area contributed by atoms with E-state index in [-0.39, 0.29) is 17.7 Å². The molecule has 0 saturated carbocycles. The number of rotatable bonds is 6. The second-order valence-electron chi connectivity index (χ2n) is 6.10. The van der Waals surface area contributed by atoms with E-state index in [0.717, 1.165) is 20.5 Å². The molecule has 4 rings (SSSR count). The minimum Gasteiger partial charge on any atom is -0.410 e. The van der Waals surface area contributed by atoms with Crippen LogP contribution in [0.4, 0.5) is 0 Å². The van der Waals surface area contributed by atoms with E-state index in [4.69, 9.17) is 16.0 Å². The van der Waals surface area contributed by atoms with Gasteiger partial charge in [0.25, 0.3) is 11.1 Å². The molecule has 1 N–H and O–H groups in total. The first-order valence-corrected chi connectivity index (χ1v) is 10.8. The van der Waals surface area contributed by atoms with Crippen molar-refractivity contribution in [1.29, 1.82) is 0 Å². The Labute approximate surface area is 175 Å². The highest BCUT2D eigenvalue weighted by atomic mass is 35.5. The van der Waals surface area contributed by atoms with Gasteiger partial charge in [-0.25, -0.2) is 0 Å². The van der Waals surface area contributed by atoms with E-state index in [2.05, 4.69) is 15.5 Å². The lowest BCUT2D eigenvalue weighted by Crippen LogP contribution is -2.28. The number of carbonyl (C=O) groups excluding carboxylic acids is 1. The van der Waals surface area contributed by atoms with Crippen molar-refractivity contribution in [3.63, 3.8) is 0 Å². The summed E-state index contributed by atoms with van der Waals surface area (Å²) in [6.07, 6.45) is 0. The van der Waals surface area contributed by atoms with E-state index in [9.17, 15) is 4.79 Å². The number of hydrogen-bond acceptors (Lipinski definition) is 6. The number of hydrogen-bond donors (Lipinski definition) is 1. The van der Waals surface area contributed by atoms with E-state index in [1.165, 1.54) is 23.1 Å². The Hall–Kier alpha value is -2.35. The van der Waals surface area contributed by atoms with Crippen LogP contribution in [0.25, 0.3) is 20.9 Å². The van der Waals surface area contributed by atoms with Gasteiger partial charge in [-0.05, 0) is 18.6 Å². The smallest absolute Gasteiger partial charge is 0.277 e. The number of aromatic nitrogens is 2. The lowest BCUT2D eigenvalue weighted by atomic mass is 10.1. The highest BCUT2D eigenvalue weighted by Gasteiger charge is 2.18. The molecule has 4 aromatic rings. The van der Waals surface area contributed by atoms with Crippen LogP contribution in [0.3, 0.4) is 0 Å². The van der Waals surface area contributed by atoms with Gasteiger partial charge in [-0.3, -0.25) is 4.79 Å². The number of fused-ring (bicyclic) bond motifs is 1. The third-order valence-corrected chi connectivity index (χ3v) is 6.62. The Morgan fingerprint density at radius 1 is 1.18 bits per heavy atom. The zero-order valence-corrected chi connectivity index (χ0v) is 17.3. The molecule has 0 aliphatic heterocycles.